The number of nitrogens with one attached hydrogen (secondary N) is 2. The van der Waals surface area contributed by atoms with Crippen LogP contribution in [0.3, 0.4) is 0 Å². The molecule has 1 aliphatic rings. The maximum Gasteiger partial charge on any atom is 0.315 e. The van der Waals surface area contributed by atoms with E-state index in [4.69, 9.17) is 4.74 Å². The van der Waals surface area contributed by atoms with Gasteiger partial charge >= 0.3 is 6.03 Å². The first-order valence-electron chi connectivity index (χ1n) is 8.11. The van der Waals surface area contributed by atoms with E-state index in [9.17, 15) is 14.3 Å². The summed E-state index contributed by atoms with van der Waals surface area (Å²) in [5.41, 5.74) is 0.898. The molecule has 2 atom stereocenters. The van der Waals surface area contributed by atoms with Crippen molar-refractivity contribution in [1.29, 1.82) is 0 Å². The van der Waals surface area contributed by atoms with E-state index in [1.807, 2.05) is 0 Å². The van der Waals surface area contributed by atoms with Crippen LogP contribution in [0.2, 0.25) is 0 Å². The second-order valence-corrected chi connectivity index (χ2v) is 5.95. The monoisotopic (exact) mass is 324 g/mol. The van der Waals surface area contributed by atoms with Crippen molar-refractivity contribution in [3.8, 4) is 5.75 Å². The Balaban J connectivity index is 1.76. The number of rotatable bonds is 6. The summed E-state index contributed by atoms with van der Waals surface area (Å²) in [6.45, 7) is 0.567. The highest BCUT2D eigenvalue weighted by Gasteiger charge is 2.25. The molecule has 0 radical (unpaired) electrons. The lowest BCUT2D eigenvalue weighted by Gasteiger charge is -2.30. The summed E-state index contributed by atoms with van der Waals surface area (Å²) in [5, 5.41) is 15.1. The lowest BCUT2D eigenvalue weighted by Crippen LogP contribution is -2.48. The van der Waals surface area contributed by atoms with Crippen molar-refractivity contribution in [3.05, 3.63) is 29.6 Å². The maximum absolute atomic E-state index is 13.3. The first kappa shape index (κ1) is 17.5. The van der Waals surface area contributed by atoms with Crippen molar-refractivity contribution in [2.24, 2.45) is 5.92 Å². The fraction of sp³-hybridized carbons (Fsp3) is 0.588. The zero-order chi connectivity index (χ0) is 16.7. The van der Waals surface area contributed by atoms with Crippen LogP contribution in [-0.2, 0) is 6.42 Å². The Kier molecular flexibility index (Phi) is 6.65. The number of carbonyl (C=O) groups excluding carboxylic acids is 1. The molecule has 0 unspecified atom stereocenters. The Morgan fingerprint density at radius 3 is 2.91 bits per heavy atom. The molecule has 0 heterocycles. The van der Waals surface area contributed by atoms with Gasteiger partial charge in [0.1, 0.15) is 0 Å². The number of urea groups is 1. The molecule has 128 valence electrons. The summed E-state index contributed by atoms with van der Waals surface area (Å²) in [5.74, 6) is -0.0369. The Hall–Kier alpha value is -1.82. The van der Waals surface area contributed by atoms with E-state index in [1.165, 1.54) is 13.2 Å². The zero-order valence-corrected chi connectivity index (χ0v) is 13.5. The molecule has 5 nitrogen and oxygen atoms in total. The van der Waals surface area contributed by atoms with Crippen molar-refractivity contribution < 1.29 is 19.0 Å². The summed E-state index contributed by atoms with van der Waals surface area (Å²) in [6, 6.07) is 4.50. The van der Waals surface area contributed by atoms with Gasteiger partial charge in [0, 0.05) is 25.1 Å². The Morgan fingerprint density at radius 1 is 1.39 bits per heavy atom. The standard InChI is InChI=1S/C17H25FN2O3/c1-23-16-10-12(6-7-14(16)18)8-9-19-17(22)20-15-5-3-2-4-13(15)11-21/h6-7,10,13,15,21H,2-5,8-9,11H2,1H3,(H2,19,20,22)/t13-,15+/m1/s1. The lowest BCUT2D eigenvalue weighted by molar-refractivity contribution is 0.154. The lowest BCUT2D eigenvalue weighted by atomic mass is 9.85. The molecular formula is C17H25FN2O3. The van der Waals surface area contributed by atoms with Gasteiger partial charge in [-0.15, -0.1) is 0 Å². The van der Waals surface area contributed by atoms with Crippen molar-refractivity contribution in [1.82, 2.24) is 10.6 Å². The highest BCUT2D eigenvalue weighted by atomic mass is 19.1. The number of aliphatic hydroxyl groups excluding tert-OH is 1. The second kappa shape index (κ2) is 8.72. The molecule has 23 heavy (non-hydrogen) atoms. The van der Waals surface area contributed by atoms with Gasteiger partial charge in [0.05, 0.1) is 7.11 Å². The normalized spacial score (nSPS) is 20.8. The minimum absolute atomic E-state index is 0.0414. The van der Waals surface area contributed by atoms with Gasteiger partial charge < -0.3 is 20.5 Å². The predicted molar refractivity (Wildman–Crippen MR) is 86.0 cm³/mol. The number of hydrogen-bond acceptors (Lipinski definition) is 3. The summed E-state index contributed by atoms with van der Waals surface area (Å²) in [6.07, 6.45) is 4.65. The number of methoxy groups -OCH3 is 1. The van der Waals surface area contributed by atoms with E-state index in [2.05, 4.69) is 10.6 Å². The third-order valence-electron chi connectivity index (χ3n) is 4.37. The first-order valence-corrected chi connectivity index (χ1v) is 8.11. The fourth-order valence-corrected chi connectivity index (χ4v) is 3.02. The number of hydrogen-bond donors (Lipinski definition) is 3. The van der Waals surface area contributed by atoms with Crippen LogP contribution in [-0.4, -0.2) is 37.4 Å². The quantitative estimate of drug-likeness (QED) is 0.751. The molecule has 1 fully saturated rings. The molecule has 1 aromatic rings. The van der Waals surface area contributed by atoms with Crippen molar-refractivity contribution in [2.45, 2.75) is 38.1 Å². The number of benzene rings is 1. The van der Waals surface area contributed by atoms with Gasteiger partial charge in [0.15, 0.2) is 11.6 Å². The molecule has 0 spiro atoms. The van der Waals surface area contributed by atoms with Gasteiger partial charge in [0.2, 0.25) is 0 Å². The molecule has 2 amide bonds. The summed E-state index contributed by atoms with van der Waals surface area (Å²) in [7, 11) is 1.43. The average Bonchev–Trinajstić information content (AvgIpc) is 2.57. The van der Waals surface area contributed by atoms with E-state index in [-0.39, 0.29) is 30.3 Å². The van der Waals surface area contributed by atoms with Gasteiger partial charge in [-0.2, -0.15) is 0 Å². The Labute approximate surface area is 136 Å². The number of amides is 2. The second-order valence-electron chi connectivity index (χ2n) is 5.95. The van der Waals surface area contributed by atoms with E-state index >= 15 is 0 Å². The van der Waals surface area contributed by atoms with Crippen LogP contribution in [0, 0.1) is 11.7 Å². The van der Waals surface area contributed by atoms with Gasteiger partial charge in [-0.1, -0.05) is 18.9 Å². The van der Waals surface area contributed by atoms with Gasteiger partial charge in [-0.05, 0) is 37.0 Å². The minimum Gasteiger partial charge on any atom is -0.494 e. The van der Waals surface area contributed by atoms with Crippen LogP contribution in [0.15, 0.2) is 18.2 Å². The highest BCUT2D eigenvalue weighted by molar-refractivity contribution is 5.74. The number of carbonyl (C=O) groups is 1. The SMILES string of the molecule is COc1cc(CCNC(=O)N[C@H]2CCCC[C@@H]2CO)ccc1F. The molecule has 2 rings (SSSR count). The largest absolute Gasteiger partial charge is 0.494 e. The smallest absolute Gasteiger partial charge is 0.315 e. The zero-order valence-electron chi connectivity index (χ0n) is 13.5. The molecule has 1 aromatic carbocycles. The van der Waals surface area contributed by atoms with E-state index < -0.39 is 5.82 Å². The predicted octanol–water partition coefficient (Wildman–Crippen LogP) is 2.23. The molecule has 6 heteroatoms. The minimum atomic E-state index is -0.394. The van der Waals surface area contributed by atoms with E-state index in [0.29, 0.717) is 13.0 Å². The molecular weight excluding hydrogens is 299 g/mol. The molecule has 1 aliphatic carbocycles. The van der Waals surface area contributed by atoms with Crippen LogP contribution in [0.4, 0.5) is 9.18 Å². The molecule has 0 aromatic heterocycles. The number of aliphatic hydroxyl groups is 1. The van der Waals surface area contributed by atoms with Crippen molar-refractivity contribution in [3.63, 3.8) is 0 Å². The average molecular weight is 324 g/mol. The van der Waals surface area contributed by atoms with E-state index in [0.717, 1.165) is 31.2 Å². The van der Waals surface area contributed by atoms with Crippen molar-refractivity contribution >= 4 is 6.03 Å². The third-order valence-corrected chi connectivity index (χ3v) is 4.37. The number of halogens is 1. The van der Waals surface area contributed by atoms with E-state index in [1.54, 1.807) is 12.1 Å². The van der Waals surface area contributed by atoms with Gasteiger partial charge in [0.25, 0.3) is 0 Å². The fourth-order valence-electron chi connectivity index (χ4n) is 3.02. The molecule has 3 N–H and O–H groups in total. The summed E-state index contributed by atoms with van der Waals surface area (Å²) < 4.78 is 18.3. The maximum atomic E-state index is 13.3. The summed E-state index contributed by atoms with van der Waals surface area (Å²) >= 11 is 0. The first-order chi connectivity index (χ1) is 11.1. The molecule has 0 saturated heterocycles. The van der Waals surface area contributed by atoms with Crippen LogP contribution in [0.5, 0.6) is 5.75 Å². The molecule has 1 saturated carbocycles. The number of ether oxygens (including phenoxy) is 1. The van der Waals surface area contributed by atoms with Crippen molar-refractivity contribution in [2.75, 3.05) is 20.3 Å². The van der Waals surface area contributed by atoms with Gasteiger partial charge in [-0.25, -0.2) is 9.18 Å². The topological polar surface area (TPSA) is 70.6 Å². The van der Waals surface area contributed by atoms with Gasteiger partial charge in [-0.3, -0.25) is 0 Å². The van der Waals surface area contributed by atoms with Crippen LogP contribution in [0.1, 0.15) is 31.2 Å². The van der Waals surface area contributed by atoms with Crippen LogP contribution < -0.4 is 15.4 Å². The highest BCUT2D eigenvalue weighted by Crippen LogP contribution is 2.23. The summed E-state index contributed by atoms with van der Waals surface area (Å²) in [4.78, 5) is 12.0. The molecule has 0 aliphatic heterocycles. The Bertz CT molecular complexity index is 525. The molecule has 0 bridgehead atoms. The van der Waals surface area contributed by atoms with Crippen LogP contribution >= 0.6 is 0 Å². The van der Waals surface area contributed by atoms with Crippen LogP contribution in [0.25, 0.3) is 0 Å². The Morgan fingerprint density at radius 2 is 2.17 bits per heavy atom. The third kappa shape index (κ3) is 5.10.